The number of thioether (sulfide) groups is 1. The summed E-state index contributed by atoms with van der Waals surface area (Å²) >= 11 is 1.51. The summed E-state index contributed by atoms with van der Waals surface area (Å²) in [6, 6.07) is 0. The van der Waals surface area contributed by atoms with Crippen molar-refractivity contribution < 1.29 is 4.79 Å². The number of amides is 1. The number of nitrogens with one attached hydrogen (secondary N) is 1. The monoisotopic (exact) mass is 255 g/mol. The fourth-order valence-corrected chi connectivity index (χ4v) is 3.18. The molecule has 1 aliphatic rings. The lowest BCUT2D eigenvalue weighted by atomic mass is 9.95. The Morgan fingerprint density at radius 3 is 2.88 bits per heavy atom. The van der Waals surface area contributed by atoms with Crippen LogP contribution in [0.15, 0.2) is 11.5 Å². The van der Waals surface area contributed by atoms with Crippen LogP contribution in [0.5, 0.6) is 0 Å². The van der Waals surface area contributed by atoms with Gasteiger partial charge in [-0.05, 0) is 25.8 Å². The van der Waals surface area contributed by atoms with E-state index in [-0.39, 0.29) is 5.91 Å². The van der Waals surface area contributed by atoms with E-state index >= 15 is 0 Å². The highest BCUT2D eigenvalue weighted by atomic mass is 32.2. The molecule has 0 spiro atoms. The van der Waals surface area contributed by atoms with Crippen molar-refractivity contribution in [1.82, 2.24) is 20.1 Å². The molecule has 6 nitrogen and oxygen atoms in total. The van der Waals surface area contributed by atoms with Crippen LogP contribution in [0.3, 0.4) is 0 Å². The van der Waals surface area contributed by atoms with Crippen molar-refractivity contribution in [3.63, 3.8) is 0 Å². The second kappa shape index (κ2) is 4.66. The number of carbonyl (C=O) groups excluding carboxylic acids is 1. The Bertz CT molecular complexity index is 417. The predicted molar refractivity (Wildman–Crippen MR) is 65.4 cm³/mol. The van der Waals surface area contributed by atoms with Crippen molar-refractivity contribution in [2.24, 2.45) is 18.7 Å². The van der Waals surface area contributed by atoms with Gasteiger partial charge in [0.2, 0.25) is 5.91 Å². The van der Waals surface area contributed by atoms with Gasteiger partial charge in [-0.3, -0.25) is 4.79 Å². The van der Waals surface area contributed by atoms with Gasteiger partial charge in [0.25, 0.3) is 0 Å². The highest BCUT2D eigenvalue weighted by Gasteiger charge is 2.48. The quantitative estimate of drug-likeness (QED) is 0.685. The highest BCUT2D eigenvalue weighted by molar-refractivity contribution is 7.99. The van der Waals surface area contributed by atoms with E-state index in [1.54, 1.807) is 13.4 Å². The number of nitrogens with zero attached hydrogens (tertiary/aromatic N) is 3. The first kappa shape index (κ1) is 12.4. The van der Waals surface area contributed by atoms with Crippen LogP contribution in [0.2, 0.25) is 0 Å². The minimum Gasteiger partial charge on any atom is -0.368 e. The molecule has 1 fully saturated rings. The fraction of sp³-hybridized carbons (Fsp3) is 0.700. The normalized spacial score (nSPS) is 18.9. The Kier molecular flexibility index (Phi) is 3.39. The molecule has 0 saturated heterocycles. The molecule has 1 unspecified atom stereocenters. The van der Waals surface area contributed by atoms with Gasteiger partial charge in [0.1, 0.15) is 11.9 Å². The molecule has 7 heteroatoms. The van der Waals surface area contributed by atoms with Crippen molar-refractivity contribution in [2.75, 3.05) is 12.8 Å². The minimum absolute atomic E-state index is 0.280. The van der Waals surface area contributed by atoms with Gasteiger partial charge in [0.05, 0.1) is 0 Å². The van der Waals surface area contributed by atoms with E-state index in [2.05, 4.69) is 15.5 Å². The highest BCUT2D eigenvalue weighted by Crippen LogP contribution is 2.41. The third-order valence-corrected chi connectivity index (χ3v) is 4.49. The molecule has 0 bridgehead atoms. The standard InChI is InChI=1S/C10H17N5OS/c1-12-10(8(11)16,7-3-4-7)5-17-9-14-13-6-15(9)2/h6-7,12H,3-5H2,1-2H3,(H2,11,16). The molecule has 1 atom stereocenters. The number of aryl methyl sites for hydroxylation is 1. The average molecular weight is 255 g/mol. The zero-order chi connectivity index (χ0) is 12.5. The van der Waals surface area contributed by atoms with Crippen LogP contribution in [0, 0.1) is 5.92 Å². The SMILES string of the molecule is CNC(CSc1nncn1C)(C(N)=O)C1CC1. The second-order valence-electron chi connectivity index (χ2n) is 4.37. The Morgan fingerprint density at radius 2 is 2.47 bits per heavy atom. The molecule has 1 aliphatic carbocycles. The molecule has 1 heterocycles. The lowest BCUT2D eigenvalue weighted by Gasteiger charge is -2.29. The molecule has 94 valence electrons. The molecular formula is C10H17N5OS. The van der Waals surface area contributed by atoms with Crippen molar-refractivity contribution in [2.45, 2.75) is 23.5 Å². The predicted octanol–water partition coefficient (Wildman–Crippen LogP) is -0.239. The van der Waals surface area contributed by atoms with E-state index in [9.17, 15) is 4.79 Å². The lowest BCUT2D eigenvalue weighted by molar-refractivity contribution is -0.124. The molecule has 1 saturated carbocycles. The van der Waals surface area contributed by atoms with E-state index in [0.29, 0.717) is 11.7 Å². The summed E-state index contributed by atoms with van der Waals surface area (Å²) in [7, 11) is 3.67. The zero-order valence-electron chi connectivity index (χ0n) is 10.0. The van der Waals surface area contributed by atoms with Crippen LogP contribution in [0.4, 0.5) is 0 Å². The van der Waals surface area contributed by atoms with Gasteiger partial charge in [0.15, 0.2) is 5.16 Å². The van der Waals surface area contributed by atoms with E-state index in [0.717, 1.165) is 18.0 Å². The van der Waals surface area contributed by atoms with Gasteiger partial charge >= 0.3 is 0 Å². The second-order valence-corrected chi connectivity index (χ2v) is 5.32. The van der Waals surface area contributed by atoms with E-state index < -0.39 is 5.54 Å². The molecule has 0 aliphatic heterocycles. The molecule has 1 aromatic heterocycles. The van der Waals surface area contributed by atoms with E-state index in [4.69, 9.17) is 5.73 Å². The van der Waals surface area contributed by atoms with Gasteiger partial charge in [-0.15, -0.1) is 10.2 Å². The van der Waals surface area contributed by atoms with Crippen LogP contribution >= 0.6 is 11.8 Å². The van der Waals surface area contributed by atoms with Gasteiger partial charge in [0, 0.05) is 12.8 Å². The molecule has 2 rings (SSSR count). The first-order valence-corrected chi connectivity index (χ1v) is 6.54. The molecule has 0 radical (unpaired) electrons. The van der Waals surface area contributed by atoms with Crippen LogP contribution in [0.1, 0.15) is 12.8 Å². The van der Waals surface area contributed by atoms with Crippen molar-refractivity contribution >= 4 is 17.7 Å². The molecule has 17 heavy (non-hydrogen) atoms. The summed E-state index contributed by atoms with van der Waals surface area (Å²) in [4.78, 5) is 11.7. The van der Waals surface area contributed by atoms with Crippen molar-refractivity contribution in [3.05, 3.63) is 6.33 Å². The van der Waals surface area contributed by atoms with E-state index in [1.165, 1.54) is 11.8 Å². The summed E-state index contributed by atoms with van der Waals surface area (Å²) in [6.45, 7) is 0. The molecular weight excluding hydrogens is 238 g/mol. The van der Waals surface area contributed by atoms with Crippen LogP contribution in [-0.2, 0) is 11.8 Å². The number of rotatable bonds is 6. The summed E-state index contributed by atoms with van der Waals surface area (Å²) in [6.07, 6.45) is 3.76. The summed E-state index contributed by atoms with van der Waals surface area (Å²) < 4.78 is 1.83. The Morgan fingerprint density at radius 1 is 1.76 bits per heavy atom. The number of primary amides is 1. The summed E-state index contributed by atoms with van der Waals surface area (Å²) in [5.74, 6) is 0.665. The summed E-state index contributed by atoms with van der Waals surface area (Å²) in [5.41, 5.74) is 4.93. The lowest BCUT2D eigenvalue weighted by Crippen LogP contribution is -2.57. The number of nitrogens with two attached hydrogens (primary N) is 1. The number of likely N-dealkylation sites (N-methyl/N-ethyl adjacent to an activating group) is 1. The Hall–Kier alpha value is -1.08. The van der Waals surface area contributed by atoms with Gasteiger partial charge in [-0.2, -0.15) is 0 Å². The zero-order valence-corrected chi connectivity index (χ0v) is 10.8. The first-order chi connectivity index (χ1) is 8.10. The number of aromatic nitrogens is 3. The Balaban J connectivity index is 2.08. The van der Waals surface area contributed by atoms with Crippen LogP contribution < -0.4 is 11.1 Å². The van der Waals surface area contributed by atoms with Crippen LogP contribution in [0.25, 0.3) is 0 Å². The first-order valence-electron chi connectivity index (χ1n) is 5.56. The number of carbonyl (C=O) groups is 1. The largest absolute Gasteiger partial charge is 0.368 e. The number of hydrogen-bond donors (Lipinski definition) is 2. The maximum atomic E-state index is 11.7. The van der Waals surface area contributed by atoms with Gasteiger partial charge < -0.3 is 15.6 Å². The minimum atomic E-state index is -0.614. The maximum absolute atomic E-state index is 11.7. The molecule has 1 aromatic rings. The topological polar surface area (TPSA) is 85.8 Å². The average Bonchev–Trinajstić information content (AvgIpc) is 3.05. The van der Waals surface area contributed by atoms with Gasteiger partial charge in [-0.1, -0.05) is 11.8 Å². The third-order valence-electron chi connectivity index (χ3n) is 3.26. The summed E-state index contributed by atoms with van der Waals surface area (Å²) in [5, 5.41) is 11.7. The van der Waals surface area contributed by atoms with Crippen LogP contribution in [-0.4, -0.2) is 39.0 Å². The third kappa shape index (κ3) is 2.30. The Labute approximate surface area is 104 Å². The smallest absolute Gasteiger partial charge is 0.238 e. The molecule has 1 amide bonds. The maximum Gasteiger partial charge on any atom is 0.238 e. The van der Waals surface area contributed by atoms with Gasteiger partial charge in [-0.25, -0.2) is 0 Å². The van der Waals surface area contributed by atoms with Crippen molar-refractivity contribution in [1.29, 1.82) is 0 Å². The molecule has 3 N–H and O–H groups in total. The molecule has 0 aromatic carbocycles. The number of hydrogen-bond acceptors (Lipinski definition) is 5. The fourth-order valence-electron chi connectivity index (χ4n) is 1.95. The van der Waals surface area contributed by atoms with Crippen molar-refractivity contribution in [3.8, 4) is 0 Å². The van der Waals surface area contributed by atoms with E-state index in [1.807, 2.05) is 11.6 Å².